The fourth-order valence-corrected chi connectivity index (χ4v) is 6.41. The average molecular weight is 515 g/mol. The van der Waals surface area contributed by atoms with Gasteiger partial charge in [-0.25, -0.2) is 4.79 Å². The molecule has 1 heterocycles. The van der Waals surface area contributed by atoms with Gasteiger partial charge >= 0.3 is 5.97 Å². The lowest BCUT2D eigenvalue weighted by Crippen LogP contribution is -2.21. The molecule has 8 heteroatoms. The number of aliphatic hydroxyl groups is 3. The average Bonchev–Trinajstić information content (AvgIpc) is 3.34. The Balaban J connectivity index is 1.50. The molecule has 0 bridgehead atoms. The van der Waals surface area contributed by atoms with Crippen LogP contribution in [0.15, 0.2) is 30.3 Å². The number of carbonyl (C=O) groups excluding carboxylic acids is 1. The Morgan fingerprint density at radius 1 is 1.21 bits per heavy atom. The standard InChI is InChI=1S/C25H32Cl2O5S/c1-15-9-16(11-17(26)10-15)5-7-21-20(22(27)12-23(21)30)4-2-3-19-6-8-24(33-19)25(31)32-14-18(29)13-28/h6,8-11,18,20-23,28-30H,2-5,7,12-14H2,1H3/t18?,20-,21-,22-,23-/m1/s1. The first-order valence-electron chi connectivity index (χ1n) is 11.4. The maximum atomic E-state index is 12.1. The SMILES string of the molecule is Cc1cc(Cl)cc(CC[C@@H]2[C@@H](CCCc3ccc(C(=O)OCC(O)CO)s3)[C@H](Cl)C[C@H]2O)c1. The van der Waals surface area contributed by atoms with Gasteiger partial charge in [0.25, 0.3) is 0 Å². The molecule has 1 aliphatic carbocycles. The minimum absolute atomic E-state index is 0.0297. The summed E-state index contributed by atoms with van der Waals surface area (Å²) in [6.07, 6.45) is 3.60. The zero-order chi connectivity index (χ0) is 24.0. The molecule has 2 aromatic rings. The van der Waals surface area contributed by atoms with Crippen LogP contribution in [0.25, 0.3) is 0 Å². The molecule has 0 radical (unpaired) electrons. The first kappa shape index (κ1) is 26.5. The zero-order valence-corrected chi connectivity index (χ0v) is 21.1. The first-order valence-corrected chi connectivity index (χ1v) is 13.0. The zero-order valence-electron chi connectivity index (χ0n) is 18.8. The highest BCUT2D eigenvalue weighted by Gasteiger charge is 2.40. The highest BCUT2D eigenvalue weighted by Crippen LogP contribution is 2.41. The van der Waals surface area contributed by atoms with Crippen molar-refractivity contribution in [1.82, 2.24) is 0 Å². The number of hydrogen-bond donors (Lipinski definition) is 3. The summed E-state index contributed by atoms with van der Waals surface area (Å²) in [5, 5.41) is 29.4. The van der Waals surface area contributed by atoms with E-state index >= 15 is 0 Å². The summed E-state index contributed by atoms with van der Waals surface area (Å²) < 4.78 is 5.01. The smallest absolute Gasteiger partial charge is 0.348 e. The fourth-order valence-electron chi connectivity index (χ4n) is 4.65. The number of alkyl halides is 1. The van der Waals surface area contributed by atoms with Crippen LogP contribution in [0.1, 0.15) is 51.4 Å². The summed E-state index contributed by atoms with van der Waals surface area (Å²) in [7, 11) is 0. The van der Waals surface area contributed by atoms with Crippen molar-refractivity contribution >= 4 is 40.5 Å². The maximum Gasteiger partial charge on any atom is 0.348 e. The molecule has 5 atom stereocenters. The normalized spacial score (nSPS) is 23.6. The van der Waals surface area contributed by atoms with E-state index in [-0.39, 0.29) is 29.9 Å². The highest BCUT2D eigenvalue weighted by molar-refractivity contribution is 7.13. The molecule has 5 nitrogen and oxygen atoms in total. The first-order chi connectivity index (χ1) is 15.8. The van der Waals surface area contributed by atoms with E-state index in [0.717, 1.165) is 47.6 Å². The number of aryl methyl sites for hydroxylation is 3. The number of thiophene rings is 1. The predicted octanol–water partition coefficient (Wildman–Crippen LogP) is 4.78. The Kier molecular flexibility index (Phi) is 10.0. The Morgan fingerprint density at radius 3 is 2.73 bits per heavy atom. The number of ether oxygens (including phenoxy) is 1. The van der Waals surface area contributed by atoms with Crippen LogP contribution in [0.3, 0.4) is 0 Å². The van der Waals surface area contributed by atoms with Crippen molar-refractivity contribution in [2.75, 3.05) is 13.2 Å². The Bertz CT molecular complexity index is 898. The third-order valence-electron chi connectivity index (χ3n) is 6.28. The second-order valence-corrected chi connectivity index (χ2v) is 11.1. The lowest BCUT2D eigenvalue weighted by molar-refractivity contribution is 0.00971. The van der Waals surface area contributed by atoms with Crippen molar-refractivity contribution < 1.29 is 24.9 Å². The lowest BCUT2D eigenvalue weighted by Gasteiger charge is -2.23. The number of benzene rings is 1. The lowest BCUT2D eigenvalue weighted by atomic mass is 9.85. The summed E-state index contributed by atoms with van der Waals surface area (Å²) in [4.78, 5) is 13.6. The fraction of sp³-hybridized carbons (Fsp3) is 0.560. The molecule has 3 N–H and O–H groups in total. The van der Waals surface area contributed by atoms with Crippen LogP contribution >= 0.6 is 34.5 Å². The molecule has 1 aromatic carbocycles. The van der Waals surface area contributed by atoms with E-state index in [4.69, 9.17) is 33.0 Å². The van der Waals surface area contributed by atoms with Crippen LogP contribution in [0.5, 0.6) is 0 Å². The molecule has 0 amide bonds. The van der Waals surface area contributed by atoms with Crippen molar-refractivity contribution in [2.45, 2.75) is 63.0 Å². The molecule has 0 aliphatic heterocycles. The molecule has 1 aliphatic rings. The predicted molar refractivity (Wildman–Crippen MR) is 132 cm³/mol. The van der Waals surface area contributed by atoms with Crippen molar-refractivity contribution in [1.29, 1.82) is 0 Å². The van der Waals surface area contributed by atoms with E-state index in [0.29, 0.717) is 11.3 Å². The maximum absolute atomic E-state index is 12.1. The summed E-state index contributed by atoms with van der Waals surface area (Å²) in [6.45, 7) is 1.37. The summed E-state index contributed by atoms with van der Waals surface area (Å²) in [6, 6.07) is 9.73. The minimum Gasteiger partial charge on any atom is -0.459 e. The van der Waals surface area contributed by atoms with Crippen LogP contribution < -0.4 is 0 Å². The van der Waals surface area contributed by atoms with Crippen LogP contribution in [0, 0.1) is 18.8 Å². The van der Waals surface area contributed by atoms with Gasteiger partial charge < -0.3 is 20.1 Å². The molecule has 1 saturated carbocycles. The molecule has 182 valence electrons. The molecule has 0 saturated heterocycles. The van der Waals surface area contributed by atoms with E-state index < -0.39 is 18.7 Å². The van der Waals surface area contributed by atoms with Gasteiger partial charge in [0, 0.05) is 15.3 Å². The molecule has 1 unspecified atom stereocenters. The monoisotopic (exact) mass is 514 g/mol. The molecular weight excluding hydrogens is 483 g/mol. The second-order valence-electron chi connectivity index (χ2n) is 8.92. The molecule has 33 heavy (non-hydrogen) atoms. The van der Waals surface area contributed by atoms with Crippen LogP contribution in [0.4, 0.5) is 0 Å². The quantitative estimate of drug-likeness (QED) is 0.296. The van der Waals surface area contributed by atoms with Gasteiger partial charge in [-0.05, 0) is 92.7 Å². The summed E-state index contributed by atoms with van der Waals surface area (Å²) in [5.41, 5.74) is 2.33. The highest BCUT2D eigenvalue weighted by atomic mass is 35.5. The van der Waals surface area contributed by atoms with Gasteiger partial charge in [0.15, 0.2) is 0 Å². The van der Waals surface area contributed by atoms with Gasteiger partial charge in [-0.3, -0.25) is 0 Å². The van der Waals surface area contributed by atoms with Crippen molar-refractivity contribution in [3.05, 3.63) is 56.2 Å². The minimum atomic E-state index is -1.06. The number of rotatable bonds is 11. The van der Waals surface area contributed by atoms with Gasteiger partial charge in [-0.15, -0.1) is 22.9 Å². The summed E-state index contributed by atoms with van der Waals surface area (Å²) >= 11 is 14.2. The van der Waals surface area contributed by atoms with E-state index in [1.54, 1.807) is 6.07 Å². The molecular formula is C25H32Cl2O5S. The number of hydrogen-bond acceptors (Lipinski definition) is 6. The third kappa shape index (κ3) is 7.67. The van der Waals surface area contributed by atoms with Gasteiger partial charge in [0.2, 0.25) is 0 Å². The summed E-state index contributed by atoms with van der Waals surface area (Å²) in [5.74, 6) is -0.0697. The van der Waals surface area contributed by atoms with E-state index in [2.05, 4.69) is 6.07 Å². The molecule has 3 rings (SSSR count). The van der Waals surface area contributed by atoms with Crippen molar-refractivity contribution in [3.8, 4) is 0 Å². The van der Waals surface area contributed by atoms with E-state index in [1.807, 2.05) is 25.1 Å². The van der Waals surface area contributed by atoms with Gasteiger partial charge in [0.05, 0.1) is 12.7 Å². The van der Waals surface area contributed by atoms with Crippen LogP contribution in [0.2, 0.25) is 5.02 Å². The molecule has 0 spiro atoms. The van der Waals surface area contributed by atoms with Crippen LogP contribution in [-0.2, 0) is 17.6 Å². The number of carbonyl (C=O) groups is 1. The Labute approximate surface area is 209 Å². The second kappa shape index (κ2) is 12.5. The van der Waals surface area contributed by atoms with Crippen LogP contribution in [-0.4, -0.2) is 52.1 Å². The number of halogens is 2. The van der Waals surface area contributed by atoms with E-state index in [9.17, 15) is 15.0 Å². The van der Waals surface area contributed by atoms with E-state index in [1.165, 1.54) is 16.9 Å². The third-order valence-corrected chi connectivity index (χ3v) is 8.13. The molecule has 1 fully saturated rings. The Morgan fingerprint density at radius 2 is 2.00 bits per heavy atom. The van der Waals surface area contributed by atoms with Gasteiger partial charge in [-0.2, -0.15) is 0 Å². The topological polar surface area (TPSA) is 87.0 Å². The van der Waals surface area contributed by atoms with Gasteiger partial charge in [-0.1, -0.05) is 17.7 Å². The largest absolute Gasteiger partial charge is 0.459 e. The Hall–Kier alpha value is -1.15. The van der Waals surface area contributed by atoms with Gasteiger partial charge in [0.1, 0.15) is 17.6 Å². The number of esters is 1. The number of aliphatic hydroxyl groups excluding tert-OH is 3. The molecule has 1 aromatic heterocycles. The van der Waals surface area contributed by atoms with Crippen molar-refractivity contribution in [2.24, 2.45) is 11.8 Å². The van der Waals surface area contributed by atoms with Crippen molar-refractivity contribution in [3.63, 3.8) is 0 Å².